The van der Waals surface area contributed by atoms with Gasteiger partial charge in [0.05, 0.1) is 6.54 Å². The van der Waals surface area contributed by atoms with Crippen LogP contribution in [0, 0.1) is 12.8 Å². The summed E-state index contributed by atoms with van der Waals surface area (Å²) in [5.41, 5.74) is 2.09. The fraction of sp³-hybridized carbons (Fsp3) is 0.370. The summed E-state index contributed by atoms with van der Waals surface area (Å²) in [4.78, 5) is 22.0. The van der Waals surface area contributed by atoms with Gasteiger partial charge < -0.3 is 20.7 Å². The molecular formula is C27H35N5O2. The van der Waals surface area contributed by atoms with Crippen LogP contribution < -0.4 is 20.7 Å². The van der Waals surface area contributed by atoms with E-state index in [-0.39, 0.29) is 5.91 Å². The average Bonchev–Trinajstić information content (AvgIpc) is 2.82. The van der Waals surface area contributed by atoms with Crippen molar-refractivity contribution >= 4 is 17.7 Å². The number of anilines is 2. The molecule has 2 aromatic carbocycles. The van der Waals surface area contributed by atoms with Crippen LogP contribution >= 0.6 is 0 Å². The summed E-state index contributed by atoms with van der Waals surface area (Å²) in [7, 11) is 0. The van der Waals surface area contributed by atoms with E-state index >= 15 is 0 Å². The SMILES string of the molecule is Cc1cc(N[C@@H](CC(C)C)C(=O)NCCOc2ccccc2)nc(NCCc2ccccc2)n1. The Morgan fingerprint density at radius 2 is 1.68 bits per heavy atom. The van der Waals surface area contributed by atoms with Crippen LogP contribution in [-0.4, -0.2) is 41.6 Å². The van der Waals surface area contributed by atoms with Gasteiger partial charge in [-0.3, -0.25) is 4.79 Å². The van der Waals surface area contributed by atoms with Gasteiger partial charge in [0, 0.05) is 18.3 Å². The number of aryl methyl sites for hydroxylation is 1. The minimum atomic E-state index is -0.400. The van der Waals surface area contributed by atoms with Gasteiger partial charge in [-0.1, -0.05) is 62.4 Å². The van der Waals surface area contributed by atoms with Crippen LogP contribution in [0.3, 0.4) is 0 Å². The van der Waals surface area contributed by atoms with E-state index in [1.165, 1.54) is 5.56 Å². The van der Waals surface area contributed by atoms with E-state index < -0.39 is 6.04 Å². The number of hydrogen-bond acceptors (Lipinski definition) is 6. The molecule has 3 aromatic rings. The van der Waals surface area contributed by atoms with Crippen molar-refractivity contribution in [3.63, 3.8) is 0 Å². The average molecular weight is 462 g/mol. The standard InChI is InChI=1S/C27H35N5O2/c1-20(2)18-24(26(33)28-16-17-34-23-12-8-5-9-13-23)31-25-19-21(3)30-27(32-25)29-15-14-22-10-6-4-7-11-22/h4-13,19-20,24H,14-18H2,1-3H3,(H,28,33)(H2,29,30,31,32)/t24-/m0/s1. The maximum Gasteiger partial charge on any atom is 0.242 e. The fourth-order valence-corrected chi connectivity index (χ4v) is 3.55. The molecule has 7 nitrogen and oxygen atoms in total. The van der Waals surface area contributed by atoms with Crippen molar-refractivity contribution < 1.29 is 9.53 Å². The van der Waals surface area contributed by atoms with E-state index in [0.29, 0.717) is 37.3 Å². The fourth-order valence-electron chi connectivity index (χ4n) is 3.55. The molecule has 7 heteroatoms. The quantitative estimate of drug-likeness (QED) is 0.326. The van der Waals surface area contributed by atoms with Crippen LogP contribution in [-0.2, 0) is 11.2 Å². The van der Waals surface area contributed by atoms with Gasteiger partial charge in [0.15, 0.2) is 0 Å². The molecule has 1 atom stereocenters. The molecule has 0 aliphatic rings. The Morgan fingerprint density at radius 1 is 0.971 bits per heavy atom. The number of para-hydroxylation sites is 1. The molecule has 1 amide bonds. The predicted molar refractivity (Wildman–Crippen MR) is 137 cm³/mol. The van der Waals surface area contributed by atoms with Gasteiger partial charge in [0.2, 0.25) is 11.9 Å². The number of ether oxygens (including phenoxy) is 1. The van der Waals surface area contributed by atoms with Gasteiger partial charge >= 0.3 is 0 Å². The summed E-state index contributed by atoms with van der Waals surface area (Å²) in [5.74, 6) is 2.25. The maximum atomic E-state index is 12.9. The molecule has 3 N–H and O–H groups in total. The van der Waals surface area contributed by atoms with Crippen LogP contribution in [0.4, 0.5) is 11.8 Å². The van der Waals surface area contributed by atoms with Crippen molar-refractivity contribution in [1.82, 2.24) is 15.3 Å². The van der Waals surface area contributed by atoms with E-state index in [9.17, 15) is 4.79 Å². The minimum absolute atomic E-state index is 0.0692. The zero-order chi connectivity index (χ0) is 24.2. The molecule has 0 radical (unpaired) electrons. The zero-order valence-corrected chi connectivity index (χ0v) is 20.3. The van der Waals surface area contributed by atoms with Crippen molar-refractivity contribution in [2.45, 2.75) is 39.7 Å². The number of rotatable bonds is 13. The summed E-state index contributed by atoms with van der Waals surface area (Å²) < 4.78 is 5.67. The van der Waals surface area contributed by atoms with Gasteiger partial charge in [0.25, 0.3) is 0 Å². The number of nitrogens with one attached hydrogen (secondary N) is 3. The Bertz CT molecular complexity index is 1010. The molecule has 0 unspecified atom stereocenters. The second-order valence-corrected chi connectivity index (χ2v) is 8.66. The van der Waals surface area contributed by atoms with Crippen LogP contribution in [0.1, 0.15) is 31.5 Å². The van der Waals surface area contributed by atoms with Gasteiger partial charge in [-0.05, 0) is 43.4 Å². The van der Waals surface area contributed by atoms with Crippen LogP contribution in [0.2, 0.25) is 0 Å². The smallest absolute Gasteiger partial charge is 0.242 e. The van der Waals surface area contributed by atoms with Gasteiger partial charge in [-0.2, -0.15) is 4.98 Å². The molecule has 0 aliphatic heterocycles. The predicted octanol–water partition coefficient (Wildman–Crippen LogP) is 4.46. The number of benzene rings is 2. The highest BCUT2D eigenvalue weighted by Crippen LogP contribution is 2.15. The maximum absolute atomic E-state index is 12.9. The van der Waals surface area contributed by atoms with E-state index in [2.05, 4.69) is 51.9 Å². The molecular weight excluding hydrogens is 426 g/mol. The molecule has 34 heavy (non-hydrogen) atoms. The van der Waals surface area contributed by atoms with Crippen molar-refractivity contribution in [2.75, 3.05) is 30.3 Å². The third-order valence-electron chi connectivity index (χ3n) is 5.15. The Morgan fingerprint density at radius 3 is 2.38 bits per heavy atom. The summed E-state index contributed by atoms with van der Waals surface area (Å²) in [5, 5.41) is 9.58. The number of hydrogen-bond donors (Lipinski definition) is 3. The first kappa shape index (κ1) is 25.0. The lowest BCUT2D eigenvalue weighted by Crippen LogP contribution is -2.42. The summed E-state index contributed by atoms with van der Waals surface area (Å²) >= 11 is 0. The third kappa shape index (κ3) is 8.73. The first-order valence-electron chi connectivity index (χ1n) is 11.8. The molecule has 0 saturated carbocycles. The lowest BCUT2D eigenvalue weighted by atomic mass is 10.0. The second-order valence-electron chi connectivity index (χ2n) is 8.66. The van der Waals surface area contributed by atoms with E-state index in [4.69, 9.17) is 4.74 Å². The first-order valence-corrected chi connectivity index (χ1v) is 11.8. The summed E-state index contributed by atoms with van der Waals surface area (Å²) in [6.45, 7) is 7.69. The Labute approximate surface area is 202 Å². The van der Waals surface area contributed by atoms with E-state index in [1.54, 1.807) is 0 Å². The van der Waals surface area contributed by atoms with Gasteiger partial charge in [-0.15, -0.1) is 0 Å². The number of nitrogens with zero attached hydrogens (tertiary/aromatic N) is 2. The van der Waals surface area contributed by atoms with E-state index in [1.807, 2.05) is 61.5 Å². The lowest BCUT2D eigenvalue weighted by Gasteiger charge is -2.21. The van der Waals surface area contributed by atoms with Crippen molar-refractivity contribution in [3.8, 4) is 5.75 Å². The molecule has 3 rings (SSSR count). The third-order valence-corrected chi connectivity index (χ3v) is 5.15. The molecule has 1 aromatic heterocycles. The molecule has 180 valence electrons. The minimum Gasteiger partial charge on any atom is -0.492 e. The highest BCUT2D eigenvalue weighted by Gasteiger charge is 2.20. The number of carbonyl (C=O) groups is 1. The number of carbonyl (C=O) groups excluding carboxylic acids is 1. The summed E-state index contributed by atoms with van der Waals surface area (Å²) in [6.07, 6.45) is 1.57. The van der Waals surface area contributed by atoms with Gasteiger partial charge in [0.1, 0.15) is 24.2 Å². The monoisotopic (exact) mass is 461 g/mol. The second kappa shape index (κ2) is 13.2. The molecule has 0 fully saturated rings. The van der Waals surface area contributed by atoms with Crippen molar-refractivity contribution in [1.29, 1.82) is 0 Å². The number of amides is 1. The highest BCUT2D eigenvalue weighted by atomic mass is 16.5. The van der Waals surface area contributed by atoms with Crippen molar-refractivity contribution in [2.24, 2.45) is 5.92 Å². The van der Waals surface area contributed by atoms with Crippen LogP contribution in [0.15, 0.2) is 66.7 Å². The molecule has 0 aliphatic carbocycles. The summed E-state index contributed by atoms with van der Waals surface area (Å²) in [6, 6.07) is 21.3. The van der Waals surface area contributed by atoms with Gasteiger partial charge in [-0.25, -0.2) is 4.98 Å². The number of aromatic nitrogens is 2. The Hall–Kier alpha value is -3.61. The topological polar surface area (TPSA) is 88.2 Å². The first-order chi connectivity index (χ1) is 16.5. The molecule has 0 bridgehead atoms. The largest absolute Gasteiger partial charge is 0.492 e. The van der Waals surface area contributed by atoms with Crippen LogP contribution in [0.25, 0.3) is 0 Å². The Balaban J connectivity index is 1.54. The molecule has 1 heterocycles. The van der Waals surface area contributed by atoms with Crippen LogP contribution in [0.5, 0.6) is 5.75 Å². The van der Waals surface area contributed by atoms with E-state index in [0.717, 1.165) is 24.4 Å². The zero-order valence-electron chi connectivity index (χ0n) is 20.3. The molecule has 0 spiro atoms. The molecule has 0 saturated heterocycles. The Kier molecular flexibility index (Phi) is 9.70. The lowest BCUT2D eigenvalue weighted by molar-refractivity contribution is -0.122. The van der Waals surface area contributed by atoms with Crippen molar-refractivity contribution in [3.05, 3.63) is 78.0 Å². The highest BCUT2D eigenvalue weighted by molar-refractivity contribution is 5.84. The normalized spacial score (nSPS) is 11.6.